The summed E-state index contributed by atoms with van der Waals surface area (Å²) in [5.41, 5.74) is 1.09. The highest BCUT2D eigenvalue weighted by atomic mass is 35.5. The zero-order chi connectivity index (χ0) is 13.0. The normalized spacial score (nSPS) is 18.8. The average Bonchev–Trinajstić information content (AvgIpc) is 2.40. The number of hydrogen-bond acceptors (Lipinski definition) is 1. The van der Waals surface area contributed by atoms with Gasteiger partial charge in [-0.3, -0.25) is 0 Å². The summed E-state index contributed by atoms with van der Waals surface area (Å²) in [6.07, 6.45) is 6.89. The molecule has 1 aliphatic rings. The van der Waals surface area contributed by atoms with E-state index in [0.29, 0.717) is 6.04 Å². The van der Waals surface area contributed by atoms with Gasteiger partial charge in [-0.25, -0.2) is 0 Å². The molecule has 2 rings (SSSR count). The molecule has 1 saturated carbocycles. The van der Waals surface area contributed by atoms with Gasteiger partial charge in [-0.1, -0.05) is 42.5 Å². The Morgan fingerprint density at radius 2 is 1.94 bits per heavy atom. The van der Waals surface area contributed by atoms with Gasteiger partial charge in [0.15, 0.2) is 0 Å². The van der Waals surface area contributed by atoms with Crippen LogP contribution >= 0.6 is 23.2 Å². The average molecular weight is 286 g/mol. The molecule has 0 aliphatic heterocycles. The monoisotopic (exact) mass is 285 g/mol. The zero-order valence-corrected chi connectivity index (χ0v) is 12.4. The first kappa shape index (κ1) is 14.2. The maximum absolute atomic E-state index is 6.17. The van der Waals surface area contributed by atoms with Crippen molar-refractivity contribution >= 4 is 23.2 Å². The van der Waals surface area contributed by atoms with Crippen LogP contribution in [0.5, 0.6) is 0 Å². The second-order valence-corrected chi connectivity index (χ2v) is 6.15. The number of halogens is 2. The lowest BCUT2D eigenvalue weighted by Crippen LogP contribution is -2.34. The molecule has 0 bridgehead atoms. The van der Waals surface area contributed by atoms with E-state index in [-0.39, 0.29) is 0 Å². The molecule has 18 heavy (non-hydrogen) atoms. The first-order valence-electron chi connectivity index (χ1n) is 6.84. The van der Waals surface area contributed by atoms with Crippen LogP contribution in [0.25, 0.3) is 0 Å². The van der Waals surface area contributed by atoms with Crippen LogP contribution in [0.4, 0.5) is 0 Å². The lowest BCUT2D eigenvalue weighted by molar-refractivity contribution is 0.280. The fourth-order valence-electron chi connectivity index (χ4n) is 2.75. The van der Waals surface area contributed by atoms with Gasteiger partial charge in [0.1, 0.15) is 0 Å². The molecule has 1 unspecified atom stereocenters. The minimum absolute atomic E-state index is 0.556. The third-order valence-corrected chi connectivity index (χ3v) is 4.58. The van der Waals surface area contributed by atoms with Crippen LogP contribution < -0.4 is 5.32 Å². The number of hydrogen-bond donors (Lipinski definition) is 1. The van der Waals surface area contributed by atoms with Crippen LogP contribution in [0, 0.1) is 5.92 Å². The Balaban J connectivity index is 1.88. The van der Waals surface area contributed by atoms with Gasteiger partial charge in [0.05, 0.1) is 0 Å². The maximum atomic E-state index is 6.17. The molecular formula is C15H21Cl2N. The molecule has 1 atom stereocenters. The predicted molar refractivity (Wildman–Crippen MR) is 79.3 cm³/mol. The molecule has 0 aromatic heterocycles. The van der Waals surface area contributed by atoms with E-state index >= 15 is 0 Å². The zero-order valence-electron chi connectivity index (χ0n) is 10.9. The fraction of sp³-hybridized carbons (Fsp3) is 0.600. The summed E-state index contributed by atoms with van der Waals surface area (Å²) in [6, 6.07) is 6.20. The minimum Gasteiger partial charge on any atom is -0.310 e. The summed E-state index contributed by atoms with van der Waals surface area (Å²) in [5.74, 6) is 0.816. The van der Waals surface area contributed by atoms with Crippen molar-refractivity contribution in [3.8, 4) is 0 Å². The van der Waals surface area contributed by atoms with E-state index in [1.165, 1.54) is 32.1 Å². The van der Waals surface area contributed by atoms with E-state index in [1.54, 1.807) is 0 Å². The summed E-state index contributed by atoms with van der Waals surface area (Å²) < 4.78 is 0. The molecule has 1 aromatic carbocycles. The van der Waals surface area contributed by atoms with E-state index in [1.807, 2.05) is 18.2 Å². The molecule has 0 heterocycles. The first-order chi connectivity index (χ1) is 8.66. The highest BCUT2D eigenvalue weighted by Crippen LogP contribution is 2.27. The van der Waals surface area contributed by atoms with Crippen molar-refractivity contribution in [1.82, 2.24) is 5.32 Å². The molecule has 1 aromatic rings. The van der Waals surface area contributed by atoms with Crippen molar-refractivity contribution in [3.05, 3.63) is 33.8 Å². The highest BCUT2D eigenvalue weighted by Gasteiger charge is 2.19. The quantitative estimate of drug-likeness (QED) is 0.816. The SMILES string of the molecule is CC(NCc1cc(Cl)ccc1Cl)C1CCCCC1. The van der Waals surface area contributed by atoms with E-state index in [0.717, 1.165) is 28.1 Å². The third-order valence-electron chi connectivity index (χ3n) is 3.98. The molecule has 0 saturated heterocycles. The molecule has 1 N–H and O–H groups in total. The third kappa shape index (κ3) is 3.88. The lowest BCUT2D eigenvalue weighted by Gasteiger charge is -2.28. The second kappa shape index (κ2) is 6.79. The Hall–Kier alpha value is -0.240. The molecular weight excluding hydrogens is 265 g/mol. The summed E-state index contributed by atoms with van der Waals surface area (Å²) in [6.45, 7) is 3.09. The van der Waals surface area contributed by atoms with E-state index in [9.17, 15) is 0 Å². The van der Waals surface area contributed by atoms with Crippen molar-refractivity contribution < 1.29 is 0 Å². The molecule has 0 amide bonds. The highest BCUT2D eigenvalue weighted by molar-refractivity contribution is 6.33. The molecule has 0 radical (unpaired) electrons. The van der Waals surface area contributed by atoms with Gasteiger partial charge in [0, 0.05) is 22.6 Å². The molecule has 3 heteroatoms. The Bertz CT molecular complexity index is 386. The second-order valence-electron chi connectivity index (χ2n) is 5.30. The topological polar surface area (TPSA) is 12.0 Å². The van der Waals surface area contributed by atoms with Crippen molar-refractivity contribution in [2.45, 2.75) is 51.6 Å². The standard InChI is InChI=1S/C15H21Cl2N/c1-11(12-5-3-2-4-6-12)18-10-13-9-14(16)7-8-15(13)17/h7-9,11-12,18H,2-6,10H2,1H3. The van der Waals surface area contributed by atoms with Crippen LogP contribution in [0.2, 0.25) is 10.0 Å². The van der Waals surface area contributed by atoms with Crippen molar-refractivity contribution in [2.24, 2.45) is 5.92 Å². The van der Waals surface area contributed by atoms with Crippen molar-refractivity contribution in [3.63, 3.8) is 0 Å². The molecule has 0 spiro atoms. The Kier molecular flexibility index (Phi) is 5.35. The van der Waals surface area contributed by atoms with E-state index < -0.39 is 0 Å². The van der Waals surface area contributed by atoms with Gasteiger partial charge >= 0.3 is 0 Å². The van der Waals surface area contributed by atoms with Crippen LogP contribution in [0.1, 0.15) is 44.6 Å². The summed E-state index contributed by atoms with van der Waals surface area (Å²) >= 11 is 12.2. The van der Waals surface area contributed by atoms with Crippen LogP contribution in [0.3, 0.4) is 0 Å². The Labute approximate surface area is 120 Å². The largest absolute Gasteiger partial charge is 0.310 e. The Morgan fingerprint density at radius 3 is 2.67 bits per heavy atom. The summed E-state index contributed by atoms with van der Waals surface area (Å²) in [4.78, 5) is 0. The minimum atomic E-state index is 0.556. The van der Waals surface area contributed by atoms with Crippen LogP contribution in [-0.4, -0.2) is 6.04 Å². The smallest absolute Gasteiger partial charge is 0.0451 e. The molecule has 1 nitrogen and oxygen atoms in total. The van der Waals surface area contributed by atoms with Gasteiger partial charge in [-0.15, -0.1) is 0 Å². The Morgan fingerprint density at radius 1 is 1.22 bits per heavy atom. The van der Waals surface area contributed by atoms with E-state index in [4.69, 9.17) is 23.2 Å². The molecule has 1 fully saturated rings. The molecule has 1 aliphatic carbocycles. The fourth-order valence-corrected chi connectivity index (χ4v) is 3.13. The van der Waals surface area contributed by atoms with Gasteiger partial charge in [0.25, 0.3) is 0 Å². The van der Waals surface area contributed by atoms with Gasteiger partial charge in [-0.05, 0) is 49.4 Å². The summed E-state index contributed by atoms with van der Waals surface area (Å²) in [5, 5.41) is 5.14. The lowest BCUT2D eigenvalue weighted by atomic mass is 9.84. The number of rotatable bonds is 4. The van der Waals surface area contributed by atoms with Gasteiger partial charge < -0.3 is 5.32 Å². The predicted octanol–water partition coefficient (Wildman–Crippen LogP) is 5.05. The van der Waals surface area contributed by atoms with Crippen molar-refractivity contribution in [1.29, 1.82) is 0 Å². The van der Waals surface area contributed by atoms with Crippen LogP contribution in [-0.2, 0) is 6.54 Å². The van der Waals surface area contributed by atoms with Crippen molar-refractivity contribution in [2.75, 3.05) is 0 Å². The van der Waals surface area contributed by atoms with Crippen LogP contribution in [0.15, 0.2) is 18.2 Å². The maximum Gasteiger partial charge on any atom is 0.0451 e. The molecule has 100 valence electrons. The van der Waals surface area contributed by atoms with Gasteiger partial charge in [0.2, 0.25) is 0 Å². The number of benzene rings is 1. The number of nitrogens with one attached hydrogen (secondary N) is 1. The van der Waals surface area contributed by atoms with E-state index in [2.05, 4.69) is 12.2 Å². The van der Waals surface area contributed by atoms with Gasteiger partial charge in [-0.2, -0.15) is 0 Å². The summed E-state index contributed by atoms with van der Waals surface area (Å²) in [7, 11) is 0. The first-order valence-corrected chi connectivity index (χ1v) is 7.59.